The highest BCUT2D eigenvalue weighted by molar-refractivity contribution is 5.63. The second-order valence-electron chi connectivity index (χ2n) is 6.25. The first kappa shape index (κ1) is 14.8. The van der Waals surface area contributed by atoms with Gasteiger partial charge in [-0.05, 0) is 30.0 Å². The van der Waals surface area contributed by atoms with Crippen molar-refractivity contribution < 1.29 is 9.66 Å². The molecule has 2 aromatic rings. The van der Waals surface area contributed by atoms with Gasteiger partial charge in [-0.1, -0.05) is 30.4 Å². The van der Waals surface area contributed by atoms with E-state index in [1.165, 1.54) is 0 Å². The highest BCUT2D eigenvalue weighted by Gasteiger charge is 2.39. The maximum absolute atomic E-state index is 11.1. The number of rotatable bonds is 3. The number of fused-ring (bicyclic) bond motifs is 3. The summed E-state index contributed by atoms with van der Waals surface area (Å²) in [4.78, 5) is 10.8. The number of nitrogens with one attached hydrogen (secondary N) is 1. The molecule has 0 amide bonds. The average Bonchev–Trinajstić information content (AvgIpc) is 3.10. The van der Waals surface area contributed by atoms with Gasteiger partial charge in [0.05, 0.1) is 18.1 Å². The topological polar surface area (TPSA) is 64.4 Å². The fourth-order valence-electron chi connectivity index (χ4n) is 3.93. The van der Waals surface area contributed by atoms with Gasteiger partial charge < -0.3 is 10.1 Å². The van der Waals surface area contributed by atoms with E-state index in [9.17, 15) is 10.1 Å². The molecule has 0 aromatic heterocycles. The fraction of sp³-hybridized carbons (Fsp3) is 0.263. The number of anilines is 1. The summed E-state index contributed by atoms with van der Waals surface area (Å²) in [5.74, 6) is 1.39. The van der Waals surface area contributed by atoms with E-state index >= 15 is 0 Å². The zero-order valence-electron chi connectivity index (χ0n) is 13.3. The van der Waals surface area contributed by atoms with Gasteiger partial charge in [0.25, 0.3) is 5.69 Å². The average molecular weight is 322 g/mol. The Morgan fingerprint density at radius 2 is 2.04 bits per heavy atom. The summed E-state index contributed by atoms with van der Waals surface area (Å²) in [6, 6.07) is 13.2. The van der Waals surface area contributed by atoms with Gasteiger partial charge in [-0.15, -0.1) is 0 Å². The number of hydrogen-bond acceptors (Lipinski definition) is 4. The number of nitro benzene ring substituents is 1. The number of allylic oxidation sites excluding steroid dienone is 2. The molecule has 0 spiro atoms. The van der Waals surface area contributed by atoms with E-state index < -0.39 is 0 Å². The Morgan fingerprint density at radius 3 is 2.83 bits per heavy atom. The Kier molecular flexibility index (Phi) is 3.49. The van der Waals surface area contributed by atoms with Crippen molar-refractivity contribution in [1.29, 1.82) is 0 Å². The molecule has 3 unspecified atom stereocenters. The first-order chi connectivity index (χ1) is 11.7. The van der Waals surface area contributed by atoms with Crippen LogP contribution < -0.4 is 10.1 Å². The van der Waals surface area contributed by atoms with Crippen LogP contribution in [0.5, 0.6) is 5.75 Å². The highest BCUT2D eigenvalue weighted by atomic mass is 16.6. The molecular weight excluding hydrogens is 304 g/mol. The summed E-state index contributed by atoms with van der Waals surface area (Å²) in [6.07, 6.45) is 5.30. The van der Waals surface area contributed by atoms with Gasteiger partial charge in [0.1, 0.15) is 5.75 Å². The molecule has 0 radical (unpaired) electrons. The van der Waals surface area contributed by atoms with Crippen LogP contribution in [0.2, 0.25) is 0 Å². The first-order valence-corrected chi connectivity index (χ1v) is 8.03. The largest absolute Gasteiger partial charge is 0.496 e. The van der Waals surface area contributed by atoms with E-state index in [0.29, 0.717) is 5.92 Å². The van der Waals surface area contributed by atoms with E-state index in [2.05, 4.69) is 23.5 Å². The molecule has 5 heteroatoms. The number of methoxy groups -OCH3 is 1. The van der Waals surface area contributed by atoms with Crippen LogP contribution in [0, 0.1) is 16.0 Å². The van der Waals surface area contributed by atoms with Crippen molar-refractivity contribution >= 4 is 11.4 Å². The Balaban J connectivity index is 1.80. The lowest BCUT2D eigenvalue weighted by molar-refractivity contribution is -0.384. The van der Waals surface area contributed by atoms with E-state index in [1.54, 1.807) is 19.2 Å². The van der Waals surface area contributed by atoms with E-state index in [-0.39, 0.29) is 22.6 Å². The number of hydrogen-bond donors (Lipinski definition) is 1. The summed E-state index contributed by atoms with van der Waals surface area (Å²) in [7, 11) is 1.68. The number of ether oxygens (including phenoxy) is 1. The Bertz CT molecular complexity index is 831. The predicted octanol–water partition coefficient (Wildman–Crippen LogP) is 4.43. The van der Waals surface area contributed by atoms with Crippen LogP contribution in [0.4, 0.5) is 11.4 Å². The molecule has 122 valence electrons. The first-order valence-electron chi connectivity index (χ1n) is 8.03. The number of benzene rings is 2. The van der Waals surface area contributed by atoms with Gasteiger partial charge in [0, 0.05) is 29.3 Å². The van der Waals surface area contributed by atoms with Gasteiger partial charge in [-0.3, -0.25) is 10.1 Å². The molecule has 0 saturated heterocycles. The SMILES string of the molecule is COc1ccccc1C1Nc2ccc([N+](=O)[O-])cc2C2C=CCC21. The quantitative estimate of drug-likeness (QED) is 0.516. The van der Waals surface area contributed by atoms with Crippen molar-refractivity contribution in [2.24, 2.45) is 5.92 Å². The summed E-state index contributed by atoms with van der Waals surface area (Å²) < 4.78 is 5.54. The zero-order valence-corrected chi connectivity index (χ0v) is 13.3. The van der Waals surface area contributed by atoms with Crippen LogP contribution in [0.1, 0.15) is 29.5 Å². The smallest absolute Gasteiger partial charge is 0.269 e. The monoisotopic (exact) mass is 322 g/mol. The number of nitro groups is 1. The molecule has 1 aliphatic heterocycles. The summed E-state index contributed by atoms with van der Waals surface area (Å²) in [6.45, 7) is 0. The van der Waals surface area contributed by atoms with Crippen LogP contribution in [-0.2, 0) is 0 Å². The maximum atomic E-state index is 11.1. The molecule has 5 nitrogen and oxygen atoms in total. The van der Waals surface area contributed by atoms with Gasteiger partial charge >= 0.3 is 0 Å². The van der Waals surface area contributed by atoms with Crippen molar-refractivity contribution in [2.75, 3.05) is 12.4 Å². The second kappa shape index (κ2) is 5.67. The molecule has 2 aliphatic rings. The van der Waals surface area contributed by atoms with Crippen LogP contribution in [-0.4, -0.2) is 12.0 Å². The van der Waals surface area contributed by atoms with Crippen LogP contribution in [0.25, 0.3) is 0 Å². The molecule has 3 atom stereocenters. The van der Waals surface area contributed by atoms with E-state index in [0.717, 1.165) is 29.0 Å². The molecule has 4 rings (SSSR count). The Labute approximate surface area is 140 Å². The molecule has 2 aromatic carbocycles. The lowest BCUT2D eigenvalue weighted by Gasteiger charge is -2.37. The molecule has 0 fully saturated rings. The van der Waals surface area contributed by atoms with Gasteiger partial charge in [-0.2, -0.15) is 0 Å². The third-order valence-corrected chi connectivity index (χ3v) is 5.03. The molecule has 0 bridgehead atoms. The minimum atomic E-state index is -0.333. The number of nitrogens with zero attached hydrogens (tertiary/aromatic N) is 1. The van der Waals surface area contributed by atoms with Crippen molar-refractivity contribution in [2.45, 2.75) is 18.4 Å². The van der Waals surface area contributed by atoms with Crippen LogP contribution >= 0.6 is 0 Å². The summed E-state index contributed by atoms with van der Waals surface area (Å²) in [5, 5.41) is 14.7. The van der Waals surface area contributed by atoms with Crippen molar-refractivity contribution in [3.05, 3.63) is 75.9 Å². The molecular formula is C19H18N2O3. The minimum Gasteiger partial charge on any atom is -0.496 e. The summed E-state index contributed by atoms with van der Waals surface area (Å²) in [5.41, 5.74) is 3.24. The van der Waals surface area contributed by atoms with Crippen LogP contribution in [0.3, 0.4) is 0 Å². The third kappa shape index (κ3) is 2.24. The van der Waals surface area contributed by atoms with Crippen LogP contribution in [0.15, 0.2) is 54.6 Å². The lowest BCUT2D eigenvalue weighted by atomic mass is 9.76. The van der Waals surface area contributed by atoms with E-state index in [4.69, 9.17) is 4.74 Å². The normalized spacial score (nSPS) is 24.0. The number of para-hydroxylation sites is 1. The molecule has 0 saturated carbocycles. The fourth-order valence-corrected chi connectivity index (χ4v) is 3.93. The van der Waals surface area contributed by atoms with Crippen molar-refractivity contribution in [3.8, 4) is 5.75 Å². The Hall–Kier alpha value is -2.82. The summed E-state index contributed by atoms with van der Waals surface area (Å²) >= 11 is 0. The zero-order chi connectivity index (χ0) is 16.7. The molecule has 1 aliphatic carbocycles. The van der Waals surface area contributed by atoms with Gasteiger partial charge in [-0.25, -0.2) is 0 Å². The minimum absolute atomic E-state index is 0.120. The molecule has 1 N–H and O–H groups in total. The lowest BCUT2D eigenvalue weighted by Crippen LogP contribution is -2.29. The highest BCUT2D eigenvalue weighted by Crippen LogP contribution is 2.51. The second-order valence-corrected chi connectivity index (χ2v) is 6.25. The standard InChI is InChI=1S/C19H18N2O3/c1-24-18-8-3-2-5-15(18)19-14-7-4-6-13(14)16-11-12(21(22)23)9-10-17(16)20-19/h2-6,8-11,13-14,19-20H,7H2,1H3. The van der Waals surface area contributed by atoms with Crippen molar-refractivity contribution in [1.82, 2.24) is 0 Å². The van der Waals surface area contributed by atoms with E-state index in [1.807, 2.05) is 24.3 Å². The molecule has 24 heavy (non-hydrogen) atoms. The molecule has 1 heterocycles. The number of non-ortho nitro benzene ring substituents is 1. The predicted molar refractivity (Wildman–Crippen MR) is 92.4 cm³/mol. The third-order valence-electron chi connectivity index (χ3n) is 5.03. The maximum Gasteiger partial charge on any atom is 0.269 e. The van der Waals surface area contributed by atoms with Gasteiger partial charge in [0.15, 0.2) is 0 Å². The Morgan fingerprint density at radius 1 is 1.21 bits per heavy atom. The van der Waals surface area contributed by atoms with Gasteiger partial charge in [0.2, 0.25) is 0 Å². The van der Waals surface area contributed by atoms with Crippen molar-refractivity contribution in [3.63, 3.8) is 0 Å².